The van der Waals surface area contributed by atoms with Gasteiger partial charge >= 0.3 is 5.97 Å². The molecule has 0 unspecified atom stereocenters. The van der Waals surface area contributed by atoms with E-state index in [0.717, 1.165) is 17.8 Å². The lowest BCUT2D eigenvalue weighted by Gasteiger charge is -2.07. The van der Waals surface area contributed by atoms with Crippen molar-refractivity contribution >= 4 is 5.97 Å². The number of hydrogen-bond donors (Lipinski definition) is 0. The minimum atomic E-state index is -0.649. The Kier molecular flexibility index (Phi) is 3.85. The van der Waals surface area contributed by atoms with Crippen LogP contribution in [0.5, 0.6) is 0 Å². The van der Waals surface area contributed by atoms with Crippen molar-refractivity contribution in [3.05, 3.63) is 65.0 Å². The quantitative estimate of drug-likeness (QED) is 0.799. The van der Waals surface area contributed by atoms with E-state index in [-0.39, 0.29) is 11.4 Å². The molecule has 98 valence electrons. The molecule has 0 saturated heterocycles. The van der Waals surface area contributed by atoms with E-state index in [2.05, 4.69) is 9.72 Å². The molecule has 0 bridgehead atoms. The van der Waals surface area contributed by atoms with Gasteiger partial charge in [-0.2, -0.15) is 0 Å². The second-order valence-electron chi connectivity index (χ2n) is 3.94. The molecule has 0 N–H and O–H groups in total. The van der Waals surface area contributed by atoms with Crippen LogP contribution in [0.4, 0.5) is 8.78 Å². The standard InChI is InChI=1S/C14H11F2NO2/c1-19-14(18)12-7-11(16)8-17-13(12)6-9-2-4-10(15)5-3-9/h2-5,7-8H,6H2,1H3. The summed E-state index contributed by atoms with van der Waals surface area (Å²) < 4.78 is 30.5. The number of hydrogen-bond acceptors (Lipinski definition) is 3. The smallest absolute Gasteiger partial charge is 0.339 e. The first-order chi connectivity index (χ1) is 9.10. The summed E-state index contributed by atoms with van der Waals surface area (Å²) in [6.07, 6.45) is 1.33. The Labute approximate surface area is 108 Å². The molecule has 1 aromatic carbocycles. The predicted octanol–water partition coefficient (Wildman–Crippen LogP) is 2.74. The van der Waals surface area contributed by atoms with Crippen LogP contribution >= 0.6 is 0 Å². The van der Waals surface area contributed by atoms with Crippen molar-refractivity contribution in [1.82, 2.24) is 4.98 Å². The average Bonchev–Trinajstić information content (AvgIpc) is 2.42. The van der Waals surface area contributed by atoms with E-state index >= 15 is 0 Å². The maximum atomic E-state index is 13.1. The van der Waals surface area contributed by atoms with Gasteiger partial charge in [0.25, 0.3) is 0 Å². The van der Waals surface area contributed by atoms with Crippen LogP contribution < -0.4 is 0 Å². The molecular weight excluding hydrogens is 252 g/mol. The molecule has 0 fully saturated rings. The fourth-order valence-electron chi connectivity index (χ4n) is 1.69. The second kappa shape index (κ2) is 5.56. The summed E-state index contributed by atoms with van der Waals surface area (Å²) in [5.74, 6) is -1.60. The lowest BCUT2D eigenvalue weighted by molar-refractivity contribution is 0.0598. The van der Waals surface area contributed by atoms with Crippen molar-refractivity contribution in [2.75, 3.05) is 7.11 Å². The molecule has 5 heteroatoms. The number of carbonyl (C=O) groups is 1. The number of pyridine rings is 1. The topological polar surface area (TPSA) is 39.2 Å². The Hall–Kier alpha value is -2.30. The second-order valence-corrected chi connectivity index (χ2v) is 3.94. The lowest BCUT2D eigenvalue weighted by atomic mass is 10.1. The van der Waals surface area contributed by atoms with Gasteiger partial charge in [0.2, 0.25) is 0 Å². The Morgan fingerprint density at radius 2 is 1.89 bits per heavy atom. The van der Waals surface area contributed by atoms with Gasteiger partial charge in [-0.05, 0) is 23.8 Å². The van der Waals surface area contributed by atoms with Crippen molar-refractivity contribution in [3.8, 4) is 0 Å². The van der Waals surface area contributed by atoms with Gasteiger partial charge in [0, 0.05) is 6.42 Å². The van der Waals surface area contributed by atoms with Crippen LogP contribution in [0.3, 0.4) is 0 Å². The average molecular weight is 263 g/mol. The molecule has 2 rings (SSSR count). The number of benzene rings is 1. The van der Waals surface area contributed by atoms with Crippen molar-refractivity contribution in [2.24, 2.45) is 0 Å². The highest BCUT2D eigenvalue weighted by Crippen LogP contribution is 2.15. The SMILES string of the molecule is COC(=O)c1cc(F)cnc1Cc1ccc(F)cc1. The Bertz CT molecular complexity index is 597. The first-order valence-corrected chi connectivity index (χ1v) is 5.57. The summed E-state index contributed by atoms with van der Waals surface area (Å²) in [5.41, 5.74) is 1.23. The largest absolute Gasteiger partial charge is 0.465 e. The summed E-state index contributed by atoms with van der Waals surface area (Å²) >= 11 is 0. The summed E-state index contributed by atoms with van der Waals surface area (Å²) in [4.78, 5) is 15.4. The third-order valence-corrected chi connectivity index (χ3v) is 2.63. The van der Waals surface area contributed by atoms with E-state index in [1.807, 2.05) is 0 Å². The van der Waals surface area contributed by atoms with E-state index < -0.39 is 11.8 Å². The van der Waals surface area contributed by atoms with E-state index in [1.165, 1.54) is 19.2 Å². The van der Waals surface area contributed by atoms with Gasteiger partial charge in [-0.15, -0.1) is 0 Å². The van der Waals surface area contributed by atoms with E-state index in [9.17, 15) is 13.6 Å². The molecule has 2 aromatic rings. The molecule has 0 aliphatic heterocycles. The molecule has 0 aliphatic carbocycles. The Morgan fingerprint density at radius 3 is 2.53 bits per heavy atom. The highest BCUT2D eigenvalue weighted by atomic mass is 19.1. The van der Waals surface area contributed by atoms with Crippen molar-refractivity contribution < 1.29 is 18.3 Å². The van der Waals surface area contributed by atoms with Crippen LogP contribution in [0.2, 0.25) is 0 Å². The maximum absolute atomic E-state index is 13.1. The van der Waals surface area contributed by atoms with Gasteiger partial charge in [0.1, 0.15) is 11.6 Å². The highest BCUT2D eigenvalue weighted by Gasteiger charge is 2.14. The fourth-order valence-corrected chi connectivity index (χ4v) is 1.69. The first kappa shape index (κ1) is 13.1. The number of methoxy groups -OCH3 is 1. The van der Waals surface area contributed by atoms with Crippen molar-refractivity contribution in [1.29, 1.82) is 0 Å². The summed E-state index contributed by atoms with van der Waals surface area (Å²) in [5, 5.41) is 0. The van der Waals surface area contributed by atoms with E-state index in [0.29, 0.717) is 12.1 Å². The lowest BCUT2D eigenvalue weighted by Crippen LogP contribution is -2.09. The molecule has 0 atom stereocenters. The third-order valence-electron chi connectivity index (χ3n) is 2.63. The number of ether oxygens (including phenoxy) is 1. The van der Waals surface area contributed by atoms with Crippen LogP contribution in [0.25, 0.3) is 0 Å². The van der Waals surface area contributed by atoms with Gasteiger partial charge in [-0.25, -0.2) is 13.6 Å². The zero-order chi connectivity index (χ0) is 13.8. The maximum Gasteiger partial charge on any atom is 0.339 e. The Balaban J connectivity index is 2.34. The number of carbonyl (C=O) groups excluding carboxylic acids is 1. The molecular formula is C14H11F2NO2. The Morgan fingerprint density at radius 1 is 1.21 bits per heavy atom. The number of halogens is 2. The fraction of sp³-hybridized carbons (Fsp3) is 0.143. The van der Waals surface area contributed by atoms with Crippen molar-refractivity contribution in [3.63, 3.8) is 0 Å². The monoisotopic (exact) mass is 263 g/mol. The normalized spacial score (nSPS) is 10.3. The van der Waals surface area contributed by atoms with Crippen LogP contribution in [-0.4, -0.2) is 18.1 Å². The van der Waals surface area contributed by atoms with E-state index in [1.54, 1.807) is 12.1 Å². The molecule has 0 saturated carbocycles. The number of aromatic nitrogens is 1. The van der Waals surface area contributed by atoms with Gasteiger partial charge in [-0.1, -0.05) is 12.1 Å². The molecule has 0 spiro atoms. The van der Waals surface area contributed by atoms with Gasteiger partial charge < -0.3 is 4.74 Å². The predicted molar refractivity (Wildman–Crippen MR) is 64.7 cm³/mol. The van der Waals surface area contributed by atoms with Crippen LogP contribution in [0, 0.1) is 11.6 Å². The molecule has 0 radical (unpaired) electrons. The molecule has 19 heavy (non-hydrogen) atoms. The summed E-state index contributed by atoms with van der Waals surface area (Å²) in [6, 6.07) is 6.88. The molecule has 0 aliphatic rings. The van der Waals surface area contributed by atoms with Crippen LogP contribution in [0.1, 0.15) is 21.6 Å². The number of esters is 1. The van der Waals surface area contributed by atoms with Crippen LogP contribution in [-0.2, 0) is 11.2 Å². The summed E-state index contributed by atoms with van der Waals surface area (Å²) in [7, 11) is 1.22. The molecule has 1 aromatic heterocycles. The molecule has 1 heterocycles. The molecule has 0 amide bonds. The van der Waals surface area contributed by atoms with Crippen molar-refractivity contribution in [2.45, 2.75) is 6.42 Å². The van der Waals surface area contributed by atoms with Gasteiger partial charge in [-0.3, -0.25) is 4.98 Å². The number of nitrogens with zero attached hydrogens (tertiary/aromatic N) is 1. The minimum absolute atomic E-state index is 0.0758. The minimum Gasteiger partial charge on any atom is -0.465 e. The zero-order valence-electron chi connectivity index (χ0n) is 10.2. The number of rotatable bonds is 3. The zero-order valence-corrected chi connectivity index (χ0v) is 10.2. The van der Waals surface area contributed by atoms with Gasteiger partial charge in [0.15, 0.2) is 0 Å². The molecule has 3 nitrogen and oxygen atoms in total. The van der Waals surface area contributed by atoms with Crippen LogP contribution in [0.15, 0.2) is 36.5 Å². The first-order valence-electron chi connectivity index (χ1n) is 5.57. The third kappa shape index (κ3) is 3.13. The summed E-state index contributed by atoms with van der Waals surface area (Å²) in [6.45, 7) is 0. The van der Waals surface area contributed by atoms with E-state index in [4.69, 9.17) is 0 Å². The van der Waals surface area contributed by atoms with Gasteiger partial charge in [0.05, 0.1) is 24.6 Å². The highest BCUT2D eigenvalue weighted by molar-refractivity contribution is 5.90.